The molecule has 1 heterocycles. The van der Waals surface area contributed by atoms with Crippen LogP contribution in [0.15, 0.2) is 30.6 Å². The highest BCUT2D eigenvalue weighted by Crippen LogP contribution is 2.15. The van der Waals surface area contributed by atoms with E-state index >= 15 is 0 Å². The van der Waals surface area contributed by atoms with Crippen LogP contribution in [0.5, 0.6) is 0 Å². The van der Waals surface area contributed by atoms with Crippen LogP contribution in [-0.4, -0.2) is 9.55 Å². The predicted octanol–water partition coefficient (Wildman–Crippen LogP) is 2.22. The summed E-state index contributed by atoms with van der Waals surface area (Å²) in [5.41, 5.74) is 6.56. The first-order chi connectivity index (χ1) is 7.70. The molecular weight excluding hydrogens is 205 g/mol. The molecule has 1 aromatic carbocycles. The Kier molecular flexibility index (Phi) is 2.90. The molecule has 0 atom stereocenters. The first-order valence-electron chi connectivity index (χ1n) is 5.24. The third kappa shape index (κ3) is 2.05. The van der Waals surface area contributed by atoms with Crippen molar-refractivity contribution in [1.29, 1.82) is 0 Å². The minimum atomic E-state index is -0.273. The van der Waals surface area contributed by atoms with Crippen molar-refractivity contribution in [2.24, 2.45) is 0 Å². The summed E-state index contributed by atoms with van der Waals surface area (Å²) in [7, 11) is 0. The highest BCUT2D eigenvalue weighted by Gasteiger charge is 2.07. The Bertz CT molecular complexity index is 491. The number of nitrogens with two attached hydrogens (primary N) is 1. The molecule has 0 saturated heterocycles. The molecule has 84 valence electrons. The molecule has 16 heavy (non-hydrogen) atoms. The quantitative estimate of drug-likeness (QED) is 0.804. The lowest BCUT2D eigenvalue weighted by Gasteiger charge is -2.06. The number of nitrogens with zero attached hydrogens (tertiary/aromatic N) is 2. The minimum Gasteiger partial charge on any atom is -0.399 e. The van der Waals surface area contributed by atoms with Crippen molar-refractivity contribution in [3.63, 3.8) is 0 Å². The number of aromatic nitrogens is 2. The standard InChI is InChI=1S/C12H14FN3/c1-2-16-6-5-15-12(16)7-9-3-4-10(14)8-11(9)13/h3-6,8H,2,7,14H2,1H3. The average molecular weight is 219 g/mol. The van der Waals surface area contributed by atoms with E-state index in [0.717, 1.165) is 12.4 Å². The molecule has 1 aromatic heterocycles. The molecule has 0 aliphatic carbocycles. The van der Waals surface area contributed by atoms with Crippen molar-refractivity contribution >= 4 is 5.69 Å². The zero-order chi connectivity index (χ0) is 11.5. The number of rotatable bonds is 3. The zero-order valence-electron chi connectivity index (χ0n) is 9.15. The van der Waals surface area contributed by atoms with Gasteiger partial charge < -0.3 is 10.3 Å². The Hall–Kier alpha value is -1.84. The van der Waals surface area contributed by atoms with Crippen LogP contribution in [0.4, 0.5) is 10.1 Å². The van der Waals surface area contributed by atoms with Crippen molar-refractivity contribution in [1.82, 2.24) is 9.55 Å². The topological polar surface area (TPSA) is 43.8 Å². The van der Waals surface area contributed by atoms with E-state index in [-0.39, 0.29) is 5.82 Å². The zero-order valence-corrected chi connectivity index (χ0v) is 9.15. The summed E-state index contributed by atoms with van der Waals surface area (Å²) in [6, 6.07) is 4.76. The second kappa shape index (κ2) is 4.35. The molecule has 0 saturated carbocycles. The van der Waals surface area contributed by atoms with Crippen LogP contribution >= 0.6 is 0 Å². The van der Waals surface area contributed by atoms with Gasteiger partial charge in [-0.15, -0.1) is 0 Å². The number of halogens is 1. The van der Waals surface area contributed by atoms with E-state index in [1.54, 1.807) is 18.3 Å². The van der Waals surface area contributed by atoms with Gasteiger partial charge in [0.1, 0.15) is 11.6 Å². The van der Waals surface area contributed by atoms with Crippen LogP contribution in [0.2, 0.25) is 0 Å². The summed E-state index contributed by atoms with van der Waals surface area (Å²) < 4.78 is 15.6. The van der Waals surface area contributed by atoms with E-state index in [4.69, 9.17) is 5.73 Å². The highest BCUT2D eigenvalue weighted by atomic mass is 19.1. The van der Waals surface area contributed by atoms with Gasteiger partial charge in [0.05, 0.1) is 0 Å². The smallest absolute Gasteiger partial charge is 0.128 e. The SMILES string of the molecule is CCn1ccnc1Cc1ccc(N)cc1F. The molecular formula is C12H14FN3. The number of benzene rings is 1. The molecule has 2 rings (SSSR count). The lowest BCUT2D eigenvalue weighted by atomic mass is 10.1. The Balaban J connectivity index is 2.27. The van der Waals surface area contributed by atoms with Gasteiger partial charge >= 0.3 is 0 Å². The molecule has 4 heteroatoms. The molecule has 0 radical (unpaired) electrons. The first-order valence-corrected chi connectivity index (χ1v) is 5.24. The molecule has 2 N–H and O–H groups in total. The van der Waals surface area contributed by atoms with Gasteiger partial charge in [-0.25, -0.2) is 9.37 Å². The number of hydrogen-bond acceptors (Lipinski definition) is 2. The molecule has 0 unspecified atom stereocenters. The van der Waals surface area contributed by atoms with Crippen molar-refractivity contribution in [3.8, 4) is 0 Å². The Labute approximate surface area is 93.7 Å². The van der Waals surface area contributed by atoms with Crippen LogP contribution < -0.4 is 5.73 Å². The maximum atomic E-state index is 13.6. The van der Waals surface area contributed by atoms with Gasteiger partial charge in [0.2, 0.25) is 0 Å². The molecule has 0 bridgehead atoms. The van der Waals surface area contributed by atoms with E-state index in [1.165, 1.54) is 6.07 Å². The van der Waals surface area contributed by atoms with Crippen molar-refractivity contribution in [2.75, 3.05) is 5.73 Å². The van der Waals surface area contributed by atoms with E-state index in [1.807, 2.05) is 17.7 Å². The van der Waals surface area contributed by atoms with Gasteiger partial charge in [0.25, 0.3) is 0 Å². The van der Waals surface area contributed by atoms with Crippen LogP contribution in [0.3, 0.4) is 0 Å². The average Bonchev–Trinajstić information content (AvgIpc) is 2.69. The van der Waals surface area contributed by atoms with E-state index in [9.17, 15) is 4.39 Å². The monoisotopic (exact) mass is 219 g/mol. The van der Waals surface area contributed by atoms with Gasteiger partial charge in [-0.2, -0.15) is 0 Å². The van der Waals surface area contributed by atoms with Gasteiger partial charge in [0, 0.05) is 31.0 Å². The molecule has 2 aromatic rings. The largest absolute Gasteiger partial charge is 0.399 e. The summed E-state index contributed by atoms with van der Waals surface area (Å²) >= 11 is 0. The van der Waals surface area contributed by atoms with Gasteiger partial charge in [-0.3, -0.25) is 0 Å². The third-order valence-corrected chi connectivity index (χ3v) is 2.57. The summed E-state index contributed by atoms with van der Waals surface area (Å²) in [5.74, 6) is 0.594. The maximum absolute atomic E-state index is 13.6. The second-order valence-electron chi connectivity index (χ2n) is 3.66. The van der Waals surface area contributed by atoms with Crippen LogP contribution in [0.25, 0.3) is 0 Å². The van der Waals surface area contributed by atoms with Gasteiger partial charge in [0.15, 0.2) is 0 Å². The van der Waals surface area contributed by atoms with E-state index in [2.05, 4.69) is 4.98 Å². The predicted molar refractivity (Wildman–Crippen MR) is 61.5 cm³/mol. The fraction of sp³-hybridized carbons (Fsp3) is 0.250. The second-order valence-corrected chi connectivity index (χ2v) is 3.66. The van der Waals surface area contributed by atoms with E-state index < -0.39 is 0 Å². The van der Waals surface area contributed by atoms with Gasteiger partial charge in [-0.05, 0) is 24.6 Å². The lowest BCUT2D eigenvalue weighted by molar-refractivity contribution is 0.608. The number of nitrogen functional groups attached to an aromatic ring is 1. The van der Waals surface area contributed by atoms with Crippen molar-refractivity contribution in [2.45, 2.75) is 19.9 Å². The van der Waals surface area contributed by atoms with Crippen LogP contribution in [0.1, 0.15) is 18.3 Å². The summed E-state index contributed by atoms with van der Waals surface area (Å²) in [6.07, 6.45) is 4.12. The fourth-order valence-electron chi connectivity index (χ4n) is 1.67. The molecule has 0 amide bonds. The molecule has 0 spiro atoms. The lowest BCUT2D eigenvalue weighted by Crippen LogP contribution is -2.03. The number of hydrogen-bond donors (Lipinski definition) is 1. The Morgan fingerprint density at radius 3 is 2.94 bits per heavy atom. The van der Waals surface area contributed by atoms with Crippen molar-refractivity contribution < 1.29 is 4.39 Å². The Morgan fingerprint density at radius 1 is 1.44 bits per heavy atom. The molecule has 0 aliphatic heterocycles. The fourth-order valence-corrected chi connectivity index (χ4v) is 1.67. The summed E-state index contributed by atoms with van der Waals surface area (Å²) in [6.45, 7) is 2.87. The number of anilines is 1. The Morgan fingerprint density at radius 2 is 2.25 bits per heavy atom. The van der Waals surface area contributed by atoms with E-state index in [0.29, 0.717) is 17.7 Å². The maximum Gasteiger partial charge on any atom is 0.128 e. The van der Waals surface area contributed by atoms with Crippen LogP contribution in [-0.2, 0) is 13.0 Å². The number of imidazole rings is 1. The first kappa shape index (κ1) is 10.7. The summed E-state index contributed by atoms with van der Waals surface area (Å²) in [5, 5.41) is 0. The highest BCUT2D eigenvalue weighted by molar-refractivity contribution is 5.41. The van der Waals surface area contributed by atoms with Crippen LogP contribution in [0, 0.1) is 5.82 Å². The molecule has 0 aliphatic rings. The number of aryl methyl sites for hydroxylation is 1. The molecule has 3 nitrogen and oxygen atoms in total. The minimum absolute atomic E-state index is 0.273. The summed E-state index contributed by atoms with van der Waals surface area (Å²) in [4.78, 5) is 4.21. The molecule has 0 fully saturated rings. The van der Waals surface area contributed by atoms with Gasteiger partial charge in [-0.1, -0.05) is 6.07 Å². The third-order valence-electron chi connectivity index (χ3n) is 2.57. The normalized spacial score (nSPS) is 10.6. The van der Waals surface area contributed by atoms with Crippen molar-refractivity contribution in [3.05, 3.63) is 47.8 Å².